The van der Waals surface area contributed by atoms with Gasteiger partial charge in [-0.2, -0.15) is 0 Å². The maximum Gasteiger partial charge on any atom is 0.509 e. The molecule has 0 saturated heterocycles. The van der Waals surface area contributed by atoms with Crippen LogP contribution in [0.3, 0.4) is 0 Å². The highest BCUT2D eigenvalue weighted by Gasteiger charge is 2.18. The molecule has 0 amide bonds. The zero-order chi connectivity index (χ0) is 12.7. The largest absolute Gasteiger partial charge is 0.509 e. The van der Waals surface area contributed by atoms with Crippen molar-refractivity contribution in [2.45, 2.75) is 13.0 Å². The van der Waals surface area contributed by atoms with E-state index in [0.29, 0.717) is 5.57 Å². The van der Waals surface area contributed by atoms with Gasteiger partial charge in [-0.3, -0.25) is 0 Å². The van der Waals surface area contributed by atoms with Gasteiger partial charge in [0.15, 0.2) is 6.10 Å². The summed E-state index contributed by atoms with van der Waals surface area (Å²) in [6.07, 6.45) is 0.314. The monoisotopic (exact) mass is 232 g/mol. The lowest BCUT2D eigenvalue weighted by molar-refractivity contribution is 0.0378. The Bertz CT molecular complexity index is 395. The molecule has 1 unspecified atom stereocenters. The van der Waals surface area contributed by atoms with Crippen LogP contribution in [0.4, 0.5) is 4.79 Å². The molecule has 0 fully saturated rings. The molecule has 1 aromatic carbocycles. The van der Waals surface area contributed by atoms with Gasteiger partial charge in [-0.05, 0) is 18.1 Å². The van der Waals surface area contributed by atoms with E-state index in [4.69, 9.17) is 9.47 Å². The van der Waals surface area contributed by atoms with Crippen molar-refractivity contribution in [3.8, 4) is 0 Å². The molecule has 17 heavy (non-hydrogen) atoms. The van der Waals surface area contributed by atoms with Crippen LogP contribution in [0.25, 0.3) is 0 Å². The fourth-order valence-electron chi connectivity index (χ4n) is 1.34. The van der Waals surface area contributed by atoms with E-state index in [9.17, 15) is 4.79 Å². The van der Waals surface area contributed by atoms with Gasteiger partial charge in [0, 0.05) is 0 Å². The molecule has 0 spiro atoms. The van der Waals surface area contributed by atoms with Gasteiger partial charge in [-0.1, -0.05) is 49.6 Å². The summed E-state index contributed by atoms with van der Waals surface area (Å²) in [6, 6.07) is 9.35. The fourth-order valence-corrected chi connectivity index (χ4v) is 1.34. The number of rotatable bonds is 5. The van der Waals surface area contributed by atoms with Crippen LogP contribution in [0, 0.1) is 0 Å². The van der Waals surface area contributed by atoms with Crippen LogP contribution >= 0.6 is 0 Å². The molecule has 0 saturated carbocycles. The Morgan fingerprint density at radius 3 is 2.59 bits per heavy atom. The van der Waals surface area contributed by atoms with Crippen molar-refractivity contribution in [2.24, 2.45) is 0 Å². The van der Waals surface area contributed by atoms with E-state index in [1.165, 1.54) is 0 Å². The molecule has 90 valence electrons. The maximum atomic E-state index is 11.3. The summed E-state index contributed by atoms with van der Waals surface area (Å²) in [5.74, 6) is 0. The SMILES string of the molecule is C=CC(=C)C(OC(=O)OCC)c1ccccc1. The Balaban J connectivity index is 2.85. The summed E-state index contributed by atoms with van der Waals surface area (Å²) in [6.45, 7) is 9.44. The first-order valence-electron chi connectivity index (χ1n) is 5.38. The molecule has 0 bridgehead atoms. The number of carbonyl (C=O) groups is 1. The molecular formula is C14H16O3. The zero-order valence-electron chi connectivity index (χ0n) is 9.89. The summed E-state index contributed by atoms with van der Waals surface area (Å²) in [5, 5.41) is 0. The summed E-state index contributed by atoms with van der Waals surface area (Å²) in [5.41, 5.74) is 1.45. The van der Waals surface area contributed by atoms with Gasteiger partial charge in [-0.25, -0.2) is 4.79 Å². The van der Waals surface area contributed by atoms with Crippen LogP contribution in [0.2, 0.25) is 0 Å². The first kappa shape index (κ1) is 13.0. The number of hydrogen-bond acceptors (Lipinski definition) is 3. The van der Waals surface area contributed by atoms with E-state index in [0.717, 1.165) is 5.56 Å². The Labute approximate surface area is 101 Å². The standard InChI is InChI=1S/C14H16O3/c1-4-11(3)13(17-14(15)16-5-2)12-9-7-6-8-10-12/h4,6-10,13H,1,3,5H2,2H3. The number of ether oxygens (including phenoxy) is 2. The second-order valence-electron chi connectivity index (χ2n) is 3.37. The third kappa shape index (κ3) is 3.79. The highest BCUT2D eigenvalue weighted by atomic mass is 16.7. The van der Waals surface area contributed by atoms with Crippen LogP contribution in [0.1, 0.15) is 18.6 Å². The van der Waals surface area contributed by atoms with Gasteiger partial charge in [0.1, 0.15) is 0 Å². The molecule has 1 atom stereocenters. The molecule has 1 rings (SSSR count). The first-order chi connectivity index (χ1) is 8.19. The van der Waals surface area contributed by atoms with Gasteiger partial charge < -0.3 is 9.47 Å². The van der Waals surface area contributed by atoms with E-state index < -0.39 is 12.3 Å². The summed E-state index contributed by atoms with van der Waals surface area (Å²) in [4.78, 5) is 11.3. The molecule has 0 radical (unpaired) electrons. The second-order valence-corrected chi connectivity index (χ2v) is 3.37. The van der Waals surface area contributed by atoms with Crippen molar-refractivity contribution < 1.29 is 14.3 Å². The minimum absolute atomic E-state index is 0.279. The topological polar surface area (TPSA) is 35.5 Å². The van der Waals surface area contributed by atoms with Gasteiger partial charge >= 0.3 is 6.16 Å². The highest BCUT2D eigenvalue weighted by Crippen LogP contribution is 2.25. The minimum Gasteiger partial charge on any atom is -0.435 e. The van der Waals surface area contributed by atoms with Crippen molar-refractivity contribution in [1.82, 2.24) is 0 Å². The lowest BCUT2D eigenvalue weighted by Gasteiger charge is -2.18. The second kappa shape index (κ2) is 6.53. The lowest BCUT2D eigenvalue weighted by Crippen LogP contribution is -2.13. The number of benzene rings is 1. The molecule has 0 heterocycles. The average Bonchev–Trinajstić information content (AvgIpc) is 2.36. The molecule has 0 aromatic heterocycles. The smallest absolute Gasteiger partial charge is 0.435 e. The predicted molar refractivity (Wildman–Crippen MR) is 66.6 cm³/mol. The minimum atomic E-state index is -0.704. The Hall–Kier alpha value is -2.03. The molecular weight excluding hydrogens is 216 g/mol. The van der Waals surface area contributed by atoms with Crippen molar-refractivity contribution in [3.05, 3.63) is 60.7 Å². The van der Waals surface area contributed by atoms with E-state index in [-0.39, 0.29) is 6.61 Å². The van der Waals surface area contributed by atoms with E-state index in [1.807, 2.05) is 30.3 Å². The fraction of sp³-hybridized carbons (Fsp3) is 0.214. The molecule has 0 aliphatic carbocycles. The van der Waals surface area contributed by atoms with Crippen LogP contribution in [0.5, 0.6) is 0 Å². The number of carbonyl (C=O) groups excluding carboxylic acids is 1. The van der Waals surface area contributed by atoms with Crippen molar-refractivity contribution >= 4 is 6.16 Å². The maximum absolute atomic E-state index is 11.3. The Morgan fingerprint density at radius 1 is 1.41 bits per heavy atom. The third-order valence-corrected chi connectivity index (χ3v) is 2.18. The van der Waals surface area contributed by atoms with Crippen LogP contribution in [-0.4, -0.2) is 12.8 Å². The first-order valence-corrected chi connectivity index (χ1v) is 5.38. The Morgan fingerprint density at radius 2 is 2.06 bits per heavy atom. The van der Waals surface area contributed by atoms with E-state index in [1.54, 1.807) is 13.0 Å². The van der Waals surface area contributed by atoms with Gasteiger partial charge in [0.25, 0.3) is 0 Å². The van der Waals surface area contributed by atoms with E-state index in [2.05, 4.69) is 13.2 Å². The van der Waals surface area contributed by atoms with Crippen molar-refractivity contribution in [3.63, 3.8) is 0 Å². The van der Waals surface area contributed by atoms with Crippen LogP contribution in [0.15, 0.2) is 55.1 Å². The van der Waals surface area contributed by atoms with Crippen molar-refractivity contribution in [2.75, 3.05) is 6.61 Å². The van der Waals surface area contributed by atoms with Gasteiger partial charge in [-0.15, -0.1) is 0 Å². The van der Waals surface area contributed by atoms with Crippen LogP contribution in [-0.2, 0) is 9.47 Å². The Kier molecular flexibility index (Phi) is 5.01. The summed E-state index contributed by atoms with van der Waals surface area (Å²) < 4.78 is 9.95. The summed E-state index contributed by atoms with van der Waals surface area (Å²) in [7, 11) is 0. The summed E-state index contributed by atoms with van der Waals surface area (Å²) >= 11 is 0. The zero-order valence-corrected chi connectivity index (χ0v) is 9.89. The highest BCUT2D eigenvalue weighted by molar-refractivity contribution is 5.61. The normalized spacial score (nSPS) is 11.4. The predicted octanol–water partition coefficient (Wildman–Crippen LogP) is 3.64. The molecule has 0 aliphatic rings. The average molecular weight is 232 g/mol. The quantitative estimate of drug-likeness (QED) is 0.574. The molecule has 1 aromatic rings. The molecule has 3 nitrogen and oxygen atoms in total. The van der Waals surface area contributed by atoms with E-state index >= 15 is 0 Å². The molecule has 0 N–H and O–H groups in total. The van der Waals surface area contributed by atoms with Crippen molar-refractivity contribution in [1.29, 1.82) is 0 Å². The molecule has 0 aliphatic heterocycles. The van der Waals surface area contributed by atoms with Gasteiger partial charge in [0.05, 0.1) is 6.61 Å². The lowest BCUT2D eigenvalue weighted by atomic mass is 10.0. The van der Waals surface area contributed by atoms with Crippen LogP contribution < -0.4 is 0 Å². The number of hydrogen-bond donors (Lipinski definition) is 0. The van der Waals surface area contributed by atoms with Gasteiger partial charge in [0.2, 0.25) is 0 Å². The molecule has 3 heteroatoms. The third-order valence-electron chi connectivity index (χ3n) is 2.18.